The van der Waals surface area contributed by atoms with Gasteiger partial charge in [0.2, 0.25) is 0 Å². The molecule has 5 heteroatoms. The Morgan fingerprint density at radius 3 is 1.32 bits per heavy atom. The van der Waals surface area contributed by atoms with Crippen LogP contribution in [0.3, 0.4) is 0 Å². The SMILES string of the molecule is Cc1ccc(NC(=S)N(C(=S)Nc2ccc(C)cc2)C(C)(C)C)cc1. The number of aryl methyl sites for hydroxylation is 2. The molecular weight excluding hydrogens is 346 g/mol. The van der Waals surface area contributed by atoms with Crippen molar-refractivity contribution < 1.29 is 0 Å². The van der Waals surface area contributed by atoms with Crippen LogP contribution in [-0.4, -0.2) is 20.7 Å². The highest BCUT2D eigenvalue weighted by Gasteiger charge is 2.28. The van der Waals surface area contributed by atoms with E-state index >= 15 is 0 Å². The molecule has 2 N–H and O–H groups in total. The lowest BCUT2D eigenvalue weighted by Gasteiger charge is -2.38. The van der Waals surface area contributed by atoms with Gasteiger partial charge in [0.25, 0.3) is 0 Å². The fourth-order valence-corrected chi connectivity index (χ4v) is 3.36. The summed E-state index contributed by atoms with van der Waals surface area (Å²) in [4.78, 5) is 1.93. The van der Waals surface area contributed by atoms with E-state index in [-0.39, 0.29) is 5.54 Å². The Morgan fingerprint density at radius 2 is 1.04 bits per heavy atom. The lowest BCUT2D eigenvalue weighted by Crippen LogP contribution is -2.52. The second-order valence-electron chi connectivity index (χ2n) is 7.10. The minimum absolute atomic E-state index is 0.260. The molecule has 0 atom stereocenters. The number of anilines is 2. The third kappa shape index (κ3) is 5.51. The maximum atomic E-state index is 5.64. The summed E-state index contributed by atoms with van der Waals surface area (Å²) in [5, 5.41) is 7.70. The molecule has 0 aliphatic carbocycles. The van der Waals surface area contributed by atoms with Crippen molar-refractivity contribution >= 4 is 46.0 Å². The molecule has 0 heterocycles. The van der Waals surface area contributed by atoms with Crippen LogP contribution in [0, 0.1) is 13.8 Å². The zero-order valence-electron chi connectivity index (χ0n) is 15.4. The summed E-state index contributed by atoms with van der Waals surface area (Å²) in [6.07, 6.45) is 0. The Hall–Kier alpha value is -1.98. The maximum absolute atomic E-state index is 5.64. The van der Waals surface area contributed by atoms with E-state index in [0.717, 1.165) is 11.4 Å². The maximum Gasteiger partial charge on any atom is 0.180 e. The zero-order valence-corrected chi connectivity index (χ0v) is 17.0. The molecule has 132 valence electrons. The fraction of sp³-hybridized carbons (Fsp3) is 0.300. The van der Waals surface area contributed by atoms with Gasteiger partial charge in [-0.2, -0.15) is 0 Å². The first-order valence-electron chi connectivity index (χ1n) is 8.22. The molecule has 2 aromatic rings. The molecule has 0 amide bonds. The average Bonchev–Trinajstić information content (AvgIpc) is 2.50. The molecule has 0 aliphatic rings. The Balaban J connectivity index is 2.17. The molecular formula is C20H25N3S2. The van der Waals surface area contributed by atoms with Crippen molar-refractivity contribution in [1.29, 1.82) is 0 Å². The summed E-state index contributed by atoms with van der Waals surface area (Å²) >= 11 is 11.3. The van der Waals surface area contributed by atoms with Gasteiger partial charge in [0.15, 0.2) is 10.2 Å². The van der Waals surface area contributed by atoms with E-state index in [1.165, 1.54) is 11.1 Å². The number of nitrogens with zero attached hydrogens (tertiary/aromatic N) is 1. The van der Waals surface area contributed by atoms with E-state index in [4.69, 9.17) is 24.4 Å². The fourth-order valence-electron chi connectivity index (χ4n) is 2.33. The minimum atomic E-state index is -0.260. The molecule has 0 saturated heterocycles. The average molecular weight is 372 g/mol. The number of rotatable bonds is 2. The Kier molecular flexibility index (Phi) is 6.14. The molecule has 0 saturated carbocycles. The largest absolute Gasteiger partial charge is 0.332 e. The normalized spacial score (nSPS) is 10.9. The molecule has 2 rings (SSSR count). The van der Waals surface area contributed by atoms with Crippen LogP contribution < -0.4 is 10.6 Å². The molecule has 0 radical (unpaired) electrons. The topological polar surface area (TPSA) is 27.3 Å². The van der Waals surface area contributed by atoms with Gasteiger partial charge in [-0.05, 0) is 83.3 Å². The lowest BCUT2D eigenvalue weighted by atomic mass is 10.1. The van der Waals surface area contributed by atoms with Crippen molar-refractivity contribution in [3.8, 4) is 0 Å². The predicted octanol–water partition coefficient (Wildman–Crippen LogP) is 5.50. The van der Waals surface area contributed by atoms with Crippen LogP contribution >= 0.6 is 24.4 Å². The zero-order chi connectivity index (χ0) is 18.6. The number of hydrogen-bond donors (Lipinski definition) is 2. The van der Waals surface area contributed by atoms with Crippen LogP contribution in [-0.2, 0) is 0 Å². The molecule has 0 fully saturated rings. The van der Waals surface area contributed by atoms with Crippen LogP contribution in [0.2, 0.25) is 0 Å². The van der Waals surface area contributed by atoms with E-state index in [1.807, 2.05) is 29.2 Å². The van der Waals surface area contributed by atoms with Crippen LogP contribution in [0.15, 0.2) is 48.5 Å². The highest BCUT2D eigenvalue weighted by molar-refractivity contribution is 7.82. The molecule has 0 aliphatic heterocycles. The molecule has 0 spiro atoms. The summed E-state index contributed by atoms with van der Waals surface area (Å²) in [7, 11) is 0. The molecule has 0 unspecified atom stereocenters. The lowest BCUT2D eigenvalue weighted by molar-refractivity contribution is 0.350. The van der Waals surface area contributed by atoms with Gasteiger partial charge in [0, 0.05) is 16.9 Å². The second-order valence-corrected chi connectivity index (χ2v) is 7.87. The summed E-state index contributed by atoms with van der Waals surface area (Å²) < 4.78 is 0. The van der Waals surface area contributed by atoms with E-state index in [0.29, 0.717) is 10.2 Å². The molecule has 25 heavy (non-hydrogen) atoms. The highest BCUT2D eigenvalue weighted by Crippen LogP contribution is 2.19. The standard InChI is InChI=1S/C20H25N3S2/c1-14-6-10-16(11-7-14)21-18(24)23(20(3,4)5)19(25)22-17-12-8-15(2)9-13-17/h6-13H,1-5H3,(H,21,24)(H,22,25). The number of benzene rings is 2. The Bertz CT molecular complexity index is 685. The van der Waals surface area contributed by atoms with Crippen molar-refractivity contribution in [3.05, 3.63) is 59.7 Å². The van der Waals surface area contributed by atoms with Crippen LogP contribution in [0.1, 0.15) is 31.9 Å². The van der Waals surface area contributed by atoms with Gasteiger partial charge in [-0.25, -0.2) is 0 Å². The number of hydrogen-bond acceptors (Lipinski definition) is 2. The quantitative estimate of drug-likeness (QED) is 0.680. The summed E-state index contributed by atoms with van der Waals surface area (Å²) in [6.45, 7) is 10.4. The minimum Gasteiger partial charge on any atom is -0.332 e. The first-order chi connectivity index (χ1) is 11.7. The first-order valence-corrected chi connectivity index (χ1v) is 9.04. The van der Waals surface area contributed by atoms with Crippen molar-refractivity contribution in [1.82, 2.24) is 4.90 Å². The molecule has 2 aromatic carbocycles. The van der Waals surface area contributed by atoms with Gasteiger partial charge in [-0.3, -0.25) is 4.90 Å². The van der Waals surface area contributed by atoms with Gasteiger partial charge >= 0.3 is 0 Å². The smallest absolute Gasteiger partial charge is 0.180 e. The third-order valence-electron chi connectivity index (χ3n) is 3.68. The molecule has 0 bridgehead atoms. The van der Waals surface area contributed by atoms with Gasteiger partial charge in [-0.1, -0.05) is 35.4 Å². The van der Waals surface area contributed by atoms with E-state index < -0.39 is 0 Å². The van der Waals surface area contributed by atoms with Crippen molar-refractivity contribution in [3.63, 3.8) is 0 Å². The Labute approximate surface area is 161 Å². The molecule has 3 nitrogen and oxygen atoms in total. The van der Waals surface area contributed by atoms with Gasteiger partial charge in [0.1, 0.15) is 0 Å². The molecule has 0 aromatic heterocycles. The van der Waals surface area contributed by atoms with E-state index in [9.17, 15) is 0 Å². The highest BCUT2D eigenvalue weighted by atomic mass is 32.1. The van der Waals surface area contributed by atoms with Crippen LogP contribution in [0.25, 0.3) is 0 Å². The number of nitrogens with one attached hydrogen (secondary N) is 2. The van der Waals surface area contributed by atoms with Crippen molar-refractivity contribution in [2.75, 3.05) is 10.6 Å². The van der Waals surface area contributed by atoms with Crippen molar-refractivity contribution in [2.45, 2.75) is 40.2 Å². The van der Waals surface area contributed by atoms with Crippen LogP contribution in [0.4, 0.5) is 11.4 Å². The first kappa shape index (κ1) is 19.3. The summed E-state index contributed by atoms with van der Waals surface area (Å²) in [6, 6.07) is 16.3. The van der Waals surface area contributed by atoms with Gasteiger partial charge in [-0.15, -0.1) is 0 Å². The van der Waals surface area contributed by atoms with Gasteiger partial charge < -0.3 is 10.6 Å². The van der Waals surface area contributed by atoms with Gasteiger partial charge in [0.05, 0.1) is 0 Å². The number of thiocarbonyl (C=S) groups is 2. The summed E-state index contributed by atoms with van der Waals surface area (Å²) in [5.74, 6) is 0. The predicted molar refractivity (Wildman–Crippen MR) is 116 cm³/mol. The van der Waals surface area contributed by atoms with E-state index in [1.54, 1.807) is 0 Å². The second kappa shape index (κ2) is 7.93. The van der Waals surface area contributed by atoms with E-state index in [2.05, 4.69) is 69.5 Å². The Morgan fingerprint density at radius 1 is 0.720 bits per heavy atom. The summed E-state index contributed by atoms with van der Waals surface area (Å²) in [5.41, 5.74) is 4.05. The van der Waals surface area contributed by atoms with Crippen LogP contribution in [0.5, 0.6) is 0 Å². The monoisotopic (exact) mass is 371 g/mol. The third-order valence-corrected chi connectivity index (χ3v) is 4.25. The van der Waals surface area contributed by atoms with Crippen molar-refractivity contribution in [2.24, 2.45) is 0 Å².